The van der Waals surface area contributed by atoms with Crippen LogP contribution >= 0.6 is 22.9 Å². The Morgan fingerprint density at radius 2 is 2.16 bits per heavy atom. The van der Waals surface area contributed by atoms with E-state index in [0.29, 0.717) is 15.1 Å². The number of thiazole rings is 1. The van der Waals surface area contributed by atoms with E-state index in [4.69, 9.17) is 21.1 Å². The van der Waals surface area contributed by atoms with Gasteiger partial charge in [0.25, 0.3) is 0 Å². The lowest BCUT2D eigenvalue weighted by molar-refractivity contribution is 0.0520. The summed E-state index contributed by atoms with van der Waals surface area (Å²) < 4.78 is 10.5. The zero-order valence-corrected chi connectivity index (χ0v) is 12.0. The Balaban J connectivity index is 2.42. The van der Waals surface area contributed by atoms with E-state index >= 15 is 0 Å². The highest BCUT2D eigenvalue weighted by atomic mass is 35.5. The topological polar surface area (TPSA) is 48.4 Å². The van der Waals surface area contributed by atoms with Gasteiger partial charge in [0, 0.05) is 0 Å². The molecule has 0 aliphatic carbocycles. The molecule has 0 spiro atoms. The van der Waals surface area contributed by atoms with Crippen LogP contribution in [0.15, 0.2) is 24.3 Å². The number of aromatic nitrogens is 1. The van der Waals surface area contributed by atoms with Crippen molar-refractivity contribution >= 4 is 28.9 Å². The number of esters is 1. The van der Waals surface area contributed by atoms with Crippen molar-refractivity contribution in [3.8, 4) is 16.3 Å². The second-order valence-corrected chi connectivity index (χ2v) is 5.16. The van der Waals surface area contributed by atoms with Crippen molar-refractivity contribution in [3.63, 3.8) is 0 Å². The van der Waals surface area contributed by atoms with Gasteiger partial charge in [0.05, 0.1) is 19.3 Å². The molecule has 1 aromatic carbocycles. The van der Waals surface area contributed by atoms with Crippen molar-refractivity contribution in [1.82, 2.24) is 4.98 Å². The number of halogens is 1. The second kappa shape index (κ2) is 6.04. The van der Waals surface area contributed by atoms with Crippen molar-refractivity contribution in [2.24, 2.45) is 0 Å². The molecule has 0 bridgehead atoms. The Morgan fingerprint density at radius 1 is 1.42 bits per heavy atom. The molecule has 2 aromatic rings. The summed E-state index contributed by atoms with van der Waals surface area (Å²) in [5.41, 5.74) is 0.946. The number of carbonyl (C=O) groups is 1. The van der Waals surface area contributed by atoms with Gasteiger partial charge in [-0.3, -0.25) is 0 Å². The minimum Gasteiger partial charge on any atom is -0.496 e. The lowest BCUT2D eigenvalue weighted by Gasteiger charge is -2.04. The van der Waals surface area contributed by atoms with Crippen LogP contribution in [-0.4, -0.2) is 24.7 Å². The Morgan fingerprint density at radius 3 is 2.84 bits per heavy atom. The highest BCUT2D eigenvalue weighted by Gasteiger charge is 2.20. The molecule has 6 heteroatoms. The predicted octanol–water partition coefficient (Wildman–Crippen LogP) is 3.65. The minimum absolute atomic E-state index is 0.148. The fraction of sp³-hybridized carbons (Fsp3) is 0.231. The Kier molecular flexibility index (Phi) is 4.39. The molecule has 0 N–H and O–H groups in total. The summed E-state index contributed by atoms with van der Waals surface area (Å²) in [5, 5.41) is 0.630. The third kappa shape index (κ3) is 2.88. The molecule has 2 rings (SSSR count). The molecule has 100 valence electrons. The summed E-state index contributed by atoms with van der Waals surface area (Å²) in [6, 6.07) is 7.43. The summed E-state index contributed by atoms with van der Waals surface area (Å²) in [6.07, 6.45) is 0. The van der Waals surface area contributed by atoms with Crippen LogP contribution < -0.4 is 4.74 Å². The number of hydrogen-bond acceptors (Lipinski definition) is 5. The summed E-state index contributed by atoms with van der Waals surface area (Å²) >= 11 is 7.26. The fourth-order valence-electron chi connectivity index (χ4n) is 1.56. The van der Waals surface area contributed by atoms with Gasteiger partial charge in [-0.05, 0) is 19.1 Å². The van der Waals surface area contributed by atoms with E-state index in [-0.39, 0.29) is 12.3 Å². The van der Waals surface area contributed by atoms with E-state index < -0.39 is 5.97 Å². The van der Waals surface area contributed by atoms with Gasteiger partial charge in [0.1, 0.15) is 15.1 Å². The molecule has 0 aliphatic rings. The van der Waals surface area contributed by atoms with Crippen LogP contribution in [0, 0.1) is 0 Å². The van der Waals surface area contributed by atoms with Crippen LogP contribution in [0.4, 0.5) is 0 Å². The molecule has 19 heavy (non-hydrogen) atoms. The molecule has 1 heterocycles. The quantitative estimate of drug-likeness (QED) is 0.808. The SMILES string of the molecule is CCOC(=O)c1nc(-c2ccccc2OC)sc1Cl. The van der Waals surface area contributed by atoms with E-state index in [9.17, 15) is 4.79 Å². The summed E-state index contributed by atoms with van der Waals surface area (Å²) in [7, 11) is 1.58. The van der Waals surface area contributed by atoms with Gasteiger partial charge in [-0.25, -0.2) is 9.78 Å². The van der Waals surface area contributed by atoms with E-state index in [0.717, 1.165) is 5.56 Å². The van der Waals surface area contributed by atoms with Crippen LogP contribution in [0.5, 0.6) is 5.75 Å². The standard InChI is InChI=1S/C13H12ClNO3S/c1-3-18-13(16)10-11(14)19-12(15-10)8-6-4-5-7-9(8)17-2/h4-7H,3H2,1-2H3. The third-order valence-electron chi connectivity index (χ3n) is 2.39. The van der Waals surface area contributed by atoms with Crippen LogP contribution in [0.1, 0.15) is 17.4 Å². The number of rotatable bonds is 4. The Labute approximate surface area is 120 Å². The molecule has 0 unspecified atom stereocenters. The number of ether oxygens (including phenoxy) is 2. The normalized spacial score (nSPS) is 10.3. The maximum Gasteiger partial charge on any atom is 0.359 e. The van der Waals surface area contributed by atoms with Crippen molar-refractivity contribution < 1.29 is 14.3 Å². The lowest BCUT2D eigenvalue weighted by Crippen LogP contribution is -2.05. The van der Waals surface area contributed by atoms with Gasteiger partial charge in [-0.1, -0.05) is 23.7 Å². The van der Waals surface area contributed by atoms with Crippen LogP contribution in [0.3, 0.4) is 0 Å². The number of benzene rings is 1. The van der Waals surface area contributed by atoms with Crippen molar-refractivity contribution in [3.05, 3.63) is 34.3 Å². The van der Waals surface area contributed by atoms with Gasteiger partial charge in [0.15, 0.2) is 5.69 Å². The number of para-hydroxylation sites is 1. The first-order chi connectivity index (χ1) is 9.17. The van der Waals surface area contributed by atoms with Crippen LogP contribution in [0.25, 0.3) is 10.6 Å². The molecule has 0 saturated carbocycles. The molecule has 0 aliphatic heterocycles. The number of nitrogens with zero attached hydrogens (tertiary/aromatic N) is 1. The van der Waals surface area contributed by atoms with E-state index in [1.54, 1.807) is 14.0 Å². The number of carbonyl (C=O) groups excluding carboxylic acids is 1. The summed E-state index contributed by atoms with van der Waals surface area (Å²) in [6.45, 7) is 2.02. The molecular formula is C13H12ClNO3S. The smallest absolute Gasteiger partial charge is 0.359 e. The highest BCUT2D eigenvalue weighted by molar-refractivity contribution is 7.19. The van der Waals surface area contributed by atoms with Crippen molar-refractivity contribution in [2.45, 2.75) is 6.92 Å². The molecule has 4 nitrogen and oxygen atoms in total. The molecule has 0 saturated heterocycles. The number of methoxy groups -OCH3 is 1. The lowest BCUT2D eigenvalue weighted by atomic mass is 10.2. The van der Waals surface area contributed by atoms with Gasteiger partial charge in [-0.2, -0.15) is 0 Å². The van der Waals surface area contributed by atoms with Gasteiger partial charge < -0.3 is 9.47 Å². The van der Waals surface area contributed by atoms with Crippen molar-refractivity contribution in [1.29, 1.82) is 0 Å². The summed E-state index contributed by atoms with van der Waals surface area (Å²) in [5.74, 6) is 0.174. The van der Waals surface area contributed by atoms with Crippen LogP contribution in [0.2, 0.25) is 4.34 Å². The molecular weight excluding hydrogens is 286 g/mol. The number of hydrogen-bond donors (Lipinski definition) is 0. The first-order valence-corrected chi connectivity index (χ1v) is 6.83. The first-order valence-electron chi connectivity index (χ1n) is 5.64. The molecule has 0 fully saturated rings. The van der Waals surface area contributed by atoms with Crippen LogP contribution in [-0.2, 0) is 4.74 Å². The van der Waals surface area contributed by atoms with Gasteiger partial charge >= 0.3 is 5.97 Å². The Hall–Kier alpha value is -1.59. The average molecular weight is 298 g/mol. The van der Waals surface area contributed by atoms with Gasteiger partial charge in [0.2, 0.25) is 0 Å². The monoisotopic (exact) mass is 297 g/mol. The minimum atomic E-state index is -0.509. The maximum absolute atomic E-state index is 11.7. The molecule has 0 amide bonds. The van der Waals surface area contributed by atoms with E-state index in [1.165, 1.54) is 11.3 Å². The van der Waals surface area contributed by atoms with Crippen molar-refractivity contribution in [2.75, 3.05) is 13.7 Å². The predicted molar refractivity (Wildman–Crippen MR) is 75.1 cm³/mol. The highest BCUT2D eigenvalue weighted by Crippen LogP contribution is 2.36. The van der Waals surface area contributed by atoms with E-state index in [1.807, 2.05) is 24.3 Å². The molecule has 1 aromatic heterocycles. The average Bonchev–Trinajstić information content (AvgIpc) is 2.81. The maximum atomic E-state index is 11.7. The molecule has 0 atom stereocenters. The summed E-state index contributed by atoms with van der Waals surface area (Å²) in [4.78, 5) is 15.9. The van der Waals surface area contributed by atoms with E-state index in [2.05, 4.69) is 4.98 Å². The van der Waals surface area contributed by atoms with Gasteiger partial charge in [-0.15, -0.1) is 11.3 Å². The largest absolute Gasteiger partial charge is 0.496 e. The molecule has 0 radical (unpaired) electrons. The second-order valence-electron chi connectivity index (χ2n) is 3.56. The zero-order chi connectivity index (χ0) is 13.8. The Bertz CT molecular complexity index is 597. The zero-order valence-electron chi connectivity index (χ0n) is 10.5. The first kappa shape index (κ1) is 13.8. The fourth-order valence-corrected chi connectivity index (χ4v) is 2.71. The third-order valence-corrected chi connectivity index (χ3v) is 3.68.